The second-order valence-corrected chi connectivity index (χ2v) is 11.2. The van der Waals surface area contributed by atoms with Gasteiger partial charge in [0.05, 0.1) is 26.5 Å². The van der Waals surface area contributed by atoms with Crippen molar-refractivity contribution in [1.82, 2.24) is 0 Å². The van der Waals surface area contributed by atoms with Gasteiger partial charge in [0.25, 0.3) is 0 Å². The summed E-state index contributed by atoms with van der Waals surface area (Å²) in [6.07, 6.45) is 5.10. The van der Waals surface area contributed by atoms with Gasteiger partial charge in [-0.3, -0.25) is 0 Å². The number of nitrogens with zero attached hydrogens (tertiary/aromatic N) is 1. The minimum Gasteiger partial charge on any atom is -0.493 e. The van der Waals surface area contributed by atoms with Crippen LogP contribution in [0.4, 0.5) is 0 Å². The zero-order valence-corrected chi connectivity index (χ0v) is 23.0. The molecule has 1 aliphatic carbocycles. The lowest BCUT2D eigenvalue weighted by atomic mass is 9.58. The number of ether oxygens (including phenoxy) is 5. The van der Waals surface area contributed by atoms with Crippen LogP contribution < -0.4 is 9.47 Å². The maximum Gasteiger partial charge on any atom is 0.344 e. The molecule has 39 heavy (non-hydrogen) atoms. The number of methoxy groups -OCH3 is 1. The van der Waals surface area contributed by atoms with E-state index in [1.54, 1.807) is 25.3 Å². The third-order valence-electron chi connectivity index (χ3n) is 8.58. The van der Waals surface area contributed by atoms with Gasteiger partial charge in [0, 0.05) is 30.2 Å². The number of fused-ring (bicyclic) bond motifs is 2. The topological polar surface area (TPSA) is 124 Å². The monoisotopic (exact) mass is 549 g/mol. The van der Waals surface area contributed by atoms with Gasteiger partial charge in [-0.2, -0.15) is 0 Å². The number of hydrogen-bond donors (Lipinski definition) is 1. The van der Waals surface area contributed by atoms with Gasteiger partial charge >= 0.3 is 5.97 Å². The third-order valence-corrected chi connectivity index (χ3v) is 8.58. The van der Waals surface area contributed by atoms with E-state index in [1.807, 2.05) is 6.92 Å². The molecule has 1 aromatic carbocycles. The largest absolute Gasteiger partial charge is 0.493 e. The molecule has 5 aliphatic rings. The fourth-order valence-electron chi connectivity index (χ4n) is 6.58. The van der Waals surface area contributed by atoms with E-state index in [0.717, 1.165) is 25.7 Å². The van der Waals surface area contributed by atoms with Crippen LogP contribution in [0.25, 0.3) is 0 Å². The Labute approximate surface area is 228 Å². The number of carboxylic acid groups (broad SMARTS) is 1. The molecule has 216 valence electrons. The molecular formula is C28H39NO10. The highest BCUT2D eigenvalue weighted by atomic mass is 17.3. The molecule has 1 unspecified atom stereocenters. The molecule has 4 aliphatic heterocycles. The second kappa shape index (κ2) is 11.6. The summed E-state index contributed by atoms with van der Waals surface area (Å²) in [4.78, 5) is 27.3. The number of carbonyl (C=O) groups is 1. The van der Waals surface area contributed by atoms with E-state index >= 15 is 0 Å². The van der Waals surface area contributed by atoms with E-state index in [4.69, 9.17) is 38.6 Å². The number of hydrogen-bond acceptors (Lipinski definition) is 10. The van der Waals surface area contributed by atoms with Crippen LogP contribution >= 0.6 is 0 Å². The van der Waals surface area contributed by atoms with Crippen LogP contribution in [0, 0.1) is 23.7 Å². The molecule has 6 rings (SSSR count). The summed E-state index contributed by atoms with van der Waals surface area (Å²) < 4.78 is 30.4. The van der Waals surface area contributed by atoms with Gasteiger partial charge in [-0.15, -0.1) is 0 Å². The zero-order chi connectivity index (χ0) is 27.6. The van der Waals surface area contributed by atoms with Crippen LogP contribution in [0.1, 0.15) is 58.4 Å². The van der Waals surface area contributed by atoms with Crippen molar-refractivity contribution < 1.29 is 48.2 Å². The predicted octanol–water partition coefficient (Wildman–Crippen LogP) is 4.12. The molecule has 1 N–H and O–H groups in total. The summed E-state index contributed by atoms with van der Waals surface area (Å²) in [5.41, 5.74) is 0.0948. The van der Waals surface area contributed by atoms with Crippen LogP contribution in [0.15, 0.2) is 23.4 Å². The van der Waals surface area contributed by atoms with Gasteiger partial charge in [0.1, 0.15) is 0 Å². The Morgan fingerprint density at radius 2 is 2.00 bits per heavy atom. The fourth-order valence-corrected chi connectivity index (χ4v) is 6.58. The molecule has 0 aromatic heterocycles. The van der Waals surface area contributed by atoms with Crippen LogP contribution in [0.2, 0.25) is 0 Å². The molecule has 4 saturated heterocycles. The van der Waals surface area contributed by atoms with Crippen molar-refractivity contribution in [3.05, 3.63) is 23.8 Å². The summed E-state index contributed by atoms with van der Waals surface area (Å²) in [5, 5.41) is 12.2. The van der Waals surface area contributed by atoms with E-state index in [9.17, 15) is 4.79 Å². The molecule has 11 heteroatoms. The lowest BCUT2D eigenvalue weighted by Gasteiger charge is -2.60. The van der Waals surface area contributed by atoms with Gasteiger partial charge in [0.2, 0.25) is 12.4 Å². The summed E-state index contributed by atoms with van der Waals surface area (Å²) in [6.45, 7) is 6.79. The Kier molecular flexibility index (Phi) is 8.34. The van der Waals surface area contributed by atoms with Crippen molar-refractivity contribution in [3.63, 3.8) is 0 Å². The Bertz CT molecular complexity index is 1050. The first-order valence-corrected chi connectivity index (χ1v) is 13.8. The van der Waals surface area contributed by atoms with Crippen LogP contribution in [0.5, 0.6) is 11.5 Å². The van der Waals surface area contributed by atoms with Gasteiger partial charge in [-0.25, -0.2) is 14.6 Å². The first-order valence-electron chi connectivity index (χ1n) is 13.8. The van der Waals surface area contributed by atoms with Gasteiger partial charge in [-0.1, -0.05) is 19.0 Å². The second-order valence-electron chi connectivity index (χ2n) is 11.2. The number of benzene rings is 1. The van der Waals surface area contributed by atoms with Crippen molar-refractivity contribution in [2.45, 2.75) is 76.8 Å². The Balaban J connectivity index is 1.14. The highest BCUT2D eigenvalue weighted by Crippen LogP contribution is 2.60. The van der Waals surface area contributed by atoms with E-state index in [2.05, 4.69) is 23.8 Å². The van der Waals surface area contributed by atoms with E-state index in [1.165, 1.54) is 6.21 Å². The smallest absolute Gasteiger partial charge is 0.344 e. The highest BCUT2D eigenvalue weighted by molar-refractivity contribution is 5.80. The summed E-state index contributed by atoms with van der Waals surface area (Å²) in [7, 11) is 1.55. The molecule has 11 nitrogen and oxygen atoms in total. The Morgan fingerprint density at radius 3 is 2.79 bits per heavy atom. The minimum absolute atomic E-state index is 0.126. The molecule has 0 amide bonds. The van der Waals surface area contributed by atoms with Crippen LogP contribution in [0.3, 0.4) is 0 Å². The quantitative estimate of drug-likeness (QED) is 0.187. The van der Waals surface area contributed by atoms with Crippen molar-refractivity contribution in [2.75, 3.05) is 26.9 Å². The molecule has 1 saturated carbocycles. The van der Waals surface area contributed by atoms with Crippen molar-refractivity contribution in [1.29, 1.82) is 0 Å². The molecule has 2 bridgehead atoms. The van der Waals surface area contributed by atoms with Crippen molar-refractivity contribution in [2.24, 2.45) is 28.8 Å². The maximum atomic E-state index is 10.5. The van der Waals surface area contributed by atoms with Gasteiger partial charge < -0.3 is 33.6 Å². The Morgan fingerprint density at radius 1 is 1.15 bits per heavy atom. The lowest BCUT2D eigenvalue weighted by molar-refractivity contribution is -0.577. The normalized spacial score (nSPS) is 37.2. The SMILES string of the molecule is COc1cc(/C=N/OCC(=O)O)ccc1OCCCO[C@H]1O[C@@H]2O[C@@]3(C)CCC4[C@H](C)CC[C@@H]([C@H]1C)[C@]42OO3. The lowest BCUT2D eigenvalue weighted by Crippen LogP contribution is -2.70. The average Bonchev–Trinajstić information content (AvgIpc) is 3.15. The number of rotatable bonds is 11. The van der Waals surface area contributed by atoms with Gasteiger partial charge in [0.15, 0.2) is 29.7 Å². The maximum absolute atomic E-state index is 10.5. The first kappa shape index (κ1) is 28.1. The molecule has 1 aromatic rings. The predicted molar refractivity (Wildman–Crippen MR) is 137 cm³/mol. The molecule has 8 atom stereocenters. The summed E-state index contributed by atoms with van der Waals surface area (Å²) in [5.74, 6) is 0.417. The molecule has 5 fully saturated rings. The number of aliphatic carboxylic acids is 1. The minimum atomic E-state index is -1.09. The fraction of sp³-hybridized carbons (Fsp3) is 0.714. The average molecular weight is 550 g/mol. The van der Waals surface area contributed by atoms with Crippen LogP contribution in [-0.2, 0) is 33.6 Å². The van der Waals surface area contributed by atoms with Crippen molar-refractivity contribution >= 4 is 12.2 Å². The van der Waals surface area contributed by atoms with Gasteiger partial charge in [-0.05, 0) is 56.2 Å². The third kappa shape index (κ3) is 5.60. The van der Waals surface area contributed by atoms with Crippen LogP contribution in [-0.4, -0.2) is 68.2 Å². The molecule has 0 radical (unpaired) electrons. The standard InChI is InChI=1S/C28H39NO10/c1-17-6-8-21-18(2)25(36-26-28(21)20(17)10-11-27(3,37-26)38-39-28)34-13-5-12-33-22-9-7-19(14-23(22)32-4)15-29-35-16-24(30)31/h7,9,14-15,17-18,20-21,25-26H,5-6,8,10-13,16H2,1-4H3,(H,30,31)/b29-15+/t17-,18-,20?,21+,25+,26-,27-,28-/m1/s1. The molecule has 4 heterocycles. The summed E-state index contributed by atoms with van der Waals surface area (Å²) >= 11 is 0. The Hall–Kier alpha value is -2.44. The van der Waals surface area contributed by atoms with E-state index in [0.29, 0.717) is 48.5 Å². The summed E-state index contributed by atoms with van der Waals surface area (Å²) in [6, 6.07) is 5.28. The number of carboxylic acids is 1. The molecule has 1 spiro atoms. The zero-order valence-electron chi connectivity index (χ0n) is 23.0. The van der Waals surface area contributed by atoms with Crippen molar-refractivity contribution in [3.8, 4) is 11.5 Å². The highest BCUT2D eigenvalue weighted by Gasteiger charge is 2.69. The van der Waals surface area contributed by atoms with E-state index < -0.39 is 36.5 Å². The molecular weight excluding hydrogens is 510 g/mol. The first-order chi connectivity index (χ1) is 18.8. The number of oxime groups is 1. The van der Waals surface area contributed by atoms with E-state index in [-0.39, 0.29) is 11.8 Å².